The Hall–Kier alpha value is -2.97. The first kappa shape index (κ1) is 18.4. The van der Waals surface area contributed by atoms with Crippen molar-refractivity contribution in [2.75, 3.05) is 12.4 Å². The van der Waals surface area contributed by atoms with Crippen LogP contribution in [0.4, 0.5) is 10.5 Å². The lowest BCUT2D eigenvalue weighted by atomic mass is 10.2. The van der Waals surface area contributed by atoms with Crippen LogP contribution < -0.4 is 5.32 Å². The van der Waals surface area contributed by atoms with E-state index in [9.17, 15) is 9.59 Å². The maximum absolute atomic E-state index is 11.9. The lowest BCUT2D eigenvalue weighted by Gasteiger charge is -2.20. The van der Waals surface area contributed by atoms with Gasteiger partial charge in [0.05, 0.1) is 24.2 Å². The molecule has 0 unspecified atom stereocenters. The van der Waals surface area contributed by atoms with Gasteiger partial charge in [-0.2, -0.15) is 0 Å². The second-order valence-corrected chi connectivity index (χ2v) is 6.36. The number of aryl methyl sites for hydroxylation is 2. The van der Waals surface area contributed by atoms with Gasteiger partial charge in [0.2, 0.25) is 0 Å². The van der Waals surface area contributed by atoms with Crippen molar-refractivity contribution in [2.24, 2.45) is 7.05 Å². The van der Waals surface area contributed by atoms with Crippen molar-refractivity contribution in [3.8, 4) is 11.4 Å². The van der Waals surface area contributed by atoms with Gasteiger partial charge in [-0.05, 0) is 39.8 Å². The lowest BCUT2D eigenvalue weighted by molar-refractivity contribution is 0.0587. The molecule has 25 heavy (non-hydrogen) atoms. The van der Waals surface area contributed by atoms with Gasteiger partial charge >= 0.3 is 12.1 Å². The Balaban J connectivity index is 2.29. The Bertz CT molecular complexity index is 807. The topological polar surface area (TPSA) is 108 Å². The molecule has 0 fully saturated rings. The van der Waals surface area contributed by atoms with Crippen molar-refractivity contribution in [3.05, 3.63) is 23.5 Å². The van der Waals surface area contributed by atoms with Crippen LogP contribution >= 0.6 is 0 Å². The van der Waals surface area contributed by atoms with E-state index in [4.69, 9.17) is 9.47 Å². The molecule has 9 heteroatoms. The summed E-state index contributed by atoms with van der Waals surface area (Å²) in [6.45, 7) is 7.07. The number of aromatic nitrogens is 4. The highest BCUT2D eigenvalue weighted by molar-refractivity contribution is 5.94. The number of esters is 1. The summed E-state index contributed by atoms with van der Waals surface area (Å²) in [5.74, 6) is -0.557. The number of ether oxygens (including phenoxy) is 2. The van der Waals surface area contributed by atoms with Crippen LogP contribution in [0.15, 0.2) is 12.1 Å². The van der Waals surface area contributed by atoms with E-state index in [-0.39, 0.29) is 5.69 Å². The zero-order valence-corrected chi connectivity index (χ0v) is 15.1. The molecular formula is C16H21N5O4. The predicted octanol–water partition coefficient (Wildman–Crippen LogP) is 2.32. The number of hydrogen-bond acceptors (Lipinski definition) is 7. The monoisotopic (exact) mass is 347 g/mol. The molecule has 0 atom stereocenters. The summed E-state index contributed by atoms with van der Waals surface area (Å²) in [5.41, 5.74) is 1.40. The summed E-state index contributed by atoms with van der Waals surface area (Å²) in [6.07, 6.45) is -0.570. The van der Waals surface area contributed by atoms with E-state index in [1.807, 2.05) is 0 Å². The zero-order chi connectivity index (χ0) is 18.8. The fourth-order valence-electron chi connectivity index (χ4n) is 2.09. The first-order valence-electron chi connectivity index (χ1n) is 7.58. The van der Waals surface area contributed by atoms with Gasteiger partial charge in [-0.1, -0.05) is 5.21 Å². The second kappa shape index (κ2) is 6.88. The number of nitrogens with one attached hydrogen (secondary N) is 1. The van der Waals surface area contributed by atoms with Crippen LogP contribution in [0, 0.1) is 6.92 Å². The number of hydrogen-bond donors (Lipinski definition) is 1. The van der Waals surface area contributed by atoms with Crippen molar-refractivity contribution < 1.29 is 19.1 Å². The van der Waals surface area contributed by atoms with Crippen LogP contribution in [0.2, 0.25) is 0 Å². The van der Waals surface area contributed by atoms with E-state index >= 15 is 0 Å². The highest BCUT2D eigenvalue weighted by atomic mass is 16.6. The number of anilines is 1. The molecule has 1 N–H and O–H groups in total. The number of nitrogens with zero attached hydrogens (tertiary/aromatic N) is 4. The lowest BCUT2D eigenvalue weighted by Crippen LogP contribution is -2.27. The fraction of sp³-hybridized carbons (Fsp3) is 0.438. The Morgan fingerprint density at radius 1 is 1.24 bits per heavy atom. The van der Waals surface area contributed by atoms with E-state index in [0.29, 0.717) is 22.8 Å². The van der Waals surface area contributed by atoms with Crippen LogP contribution in [-0.4, -0.2) is 44.8 Å². The molecule has 1 amide bonds. The smallest absolute Gasteiger partial charge is 0.412 e. The van der Waals surface area contributed by atoms with Gasteiger partial charge in [-0.25, -0.2) is 19.3 Å². The number of carbonyl (C=O) groups excluding carboxylic acids is 2. The molecule has 134 valence electrons. The number of pyridine rings is 1. The molecule has 0 aliphatic heterocycles. The van der Waals surface area contributed by atoms with Crippen LogP contribution in [0.1, 0.15) is 37.0 Å². The summed E-state index contributed by atoms with van der Waals surface area (Å²) in [5, 5.41) is 10.5. The minimum atomic E-state index is -0.597. The Morgan fingerprint density at radius 2 is 1.92 bits per heavy atom. The van der Waals surface area contributed by atoms with Crippen molar-refractivity contribution in [1.82, 2.24) is 20.0 Å². The van der Waals surface area contributed by atoms with Crippen LogP contribution in [-0.2, 0) is 16.5 Å². The minimum Gasteiger partial charge on any atom is -0.464 e. The molecule has 2 rings (SSSR count). The van der Waals surface area contributed by atoms with Crippen LogP contribution in [0.3, 0.4) is 0 Å². The number of methoxy groups -OCH3 is 1. The first-order chi connectivity index (χ1) is 11.6. The molecule has 0 bridgehead atoms. The van der Waals surface area contributed by atoms with E-state index in [1.165, 1.54) is 11.8 Å². The largest absolute Gasteiger partial charge is 0.464 e. The highest BCUT2D eigenvalue weighted by Crippen LogP contribution is 2.23. The molecule has 2 aromatic heterocycles. The van der Waals surface area contributed by atoms with E-state index in [0.717, 1.165) is 0 Å². The van der Waals surface area contributed by atoms with Gasteiger partial charge in [0.1, 0.15) is 11.3 Å². The molecule has 0 radical (unpaired) electrons. The van der Waals surface area contributed by atoms with Gasteiger partial charge < -0.3 is 9.47 Å². The van der Waals surface area contributed by atoms with Crippen molar-refractivity contribution in [2.45, 2.75) is 33.3 Å². The molecular weight excluding hydrogens is 326 g/mol. The average molecular weight is 347 g/mol. The SMILES string of the molecule is COC(=O)c1c(-c2ccc(NC(=O)OC(C)(C)C)c(C)n2)nnn1C. The summed E-state index contributed by atoms with van der Waals surface area (Å²) in [4.78, 5) is 28.2. The molecule has 0 aliphatic rings. The molecule has 0 aliphatic carbocycles. The van der Waals surface area contributed by atoms with Gasteiger partial charge in [0, 0.05) is 7.05 Å². The van der Waals surface area contributed by atoms with Gasteiger partial charge in [0.25, 0.3) is 0 Å². The molecule has 0 aromatic carbocycles. The third-order valence-corrected chi connectivity index (χ3v) is 3.17. The molecule has 0 saturated heterocycles. The molecule has 0 spiro atoms. The number of rotatable bonds is 3. The predicted molar refractivity (Wildman–Crippen MR) is 90.2 cm³/mol. The summed E-state index contributed by atoms with van der Waals surface area (Å²) in [6, 6.07) is 3.30. The number of amides is 1. The summed E-state index contributed by atoms with van der Waals surface area (Å²) in [7, 11) is 2.87. The van der Waals surface area contributed by atoms with Gasteiger partial charge in [0.15, 0.2) is 5.69 Å². The Kier molecular flexibility index (Phi) is 5.05. The highest BCUT2D eigenvalue weighted by Gasteiger charge is 2.22. The standard InChI is InChI=1S/C16H21N5O4/c1-9-10(18-15(23)25-16(2,3)4)7-8-11(17-9)12-13(14(22)24-6)21(5)20-19-12/h7-8H,1-6H3,(H,18,23). The maximum atomic E-state index is 11.9. The number of carbonyl (C=O) groups is 2. The molecule has 0 saturated carbocycles. The average Bonchev–Trinajstić information content (AvgIpc) is 2.88. The van der Waals surface area contributed by atoms with Crippen molar-refractivity contribution >= 4 is 17.7 Å². The maximum Gasteiger partial charge on any atom is 0.412 e. The summed E-state index contributed by atoms with van der Waals surface area (Å²) < 4.78 is 11.3. The van der Waals surface area contributed by atoms with Crippen LogP contribution in [0.5, 0.6) is 0 Å². The quantitative estimate of drug-likeness (QED) is 0.849. The molecule has 2 heterocycles. The van der Waals surface area contributed by atoms with Gasteiger partial charge in [-0.15, -0.1) is 5.10 Å². The van der Waals surface area contributed by atoms with Crippen molar-refractivity contribution in [1.29, 1.82) is 0 Å². The molecule has 2 aromatic rings. The van der Waals surface area contributed by atoms with E-state index in [2.05, 4.69) is 20.6 Å². The first-order valence-corrected chi connectivity index (χ1v) is 7.58. The van der Waals surface area contributed by atoms with E-state index in [1.54, 1.807) is 46.9 Å². The Labute approximate surface area is 145 Å². The fourth-order valence-corrected chi connectivity index (χ4v) is 2.09. The van der Waals surface area contributed by atoms with Crippen LogP contribution in [0.25, 0.3) is 11.4 Å². The normalized spacial score (nSPS) is 11.1. The van der Waals surface area contributed by atoms with E-state index < -0.39 is 17.7 Å². The summed E-state index contributed by atoms with van der Waals surface area (Å²) >= 11 is 0. The third kappa shape index (κ3) is 4.31. The molecule has 9 nitrogen and oxygen atoms in total. The second-order valence-electron chi connectivity index (χ2n) is 6.36. The third-order valence-electron chi connectivity index (χ3n) is 3.17. The van der Waals surface area contributed by atoms with Crippen molar-refractivity contribution in [3.63, 3.8) is 0 Å². The Morgan fingerprint density at radius 3 is 2.48 bits per heavy atom. The zero-order valence-electron chi connectivity index (χ0n) is 15.1. The van der Waals surface area contributed by atoms with Gasteiger partial charge in [-0.3, -0.25) is 5.32 Å². The minimum absolute atomic E-state index is 0.197.